The Morgan fingerprint density at radius 2 is 1.83 bits per heavy atom. The number of hydrogen-bond donors (Lipinski definition) is 0. The van der Waals surface area contributed by atoms with Crippen LogP contribution in [0, 0.1) is 6.92 Å². The number of rotatable bonds is 9. The van der Waals surface area contributed by atoms with Crippen LogP contribution < -0.4 is 4.74 Å². The van der Waals surface area contributed by atoms with E-state index < -0.39 is 0 Å². The minimum atomic E-state index is 0.755. The van der Waals surface area contributed by atoms with Gasteiger partial charge in [-0.05, 0) is 50.8 Å². The van der Waals surface area contributed by atoms with Crippen molar-refractivity contribution in [1.29, 1.82) is 0 Å². The number of benzene rings is 1. The Bertz CT molecular complexity index is 327. The summed E-state index contributed by atoms with van der Waals surface area (Å²) < 4.78 is 10.9. The predicted octanol–water partition coefficient (Wildman–Crippen LogP) is 3.81. The number of unbranched alkanes of at least 4 members (excludes halogenated alkanes) is 1. The zero-order valence-electron chi connectivity index (χ0n) is 11.2. The van der Waals surface area contributed by atoms with Gasteiger partial charge < -0.3 is 9.47 Å². The molecular weight excluding hydrogens is 224 g/mol. The second kappa shape index (κ2) is 9.72. The molecule has 0 N–H and O–H groups in total. The van der Waals surface area contributed by atoms with Crippen LogP contribution in [0.4, 0.5) is 0 Å². The fourth-order valence-corrected chi connectivity index (χ4v) is 1.58. The molecule has 2 nitrogen and oxygen atoms in total. The summed E-state index contributed by atoms with van der Waals surface area (Å²) in [6.45, 7) is 8.07. The van der Waals surface area contributed by atoms with E-state index >= 15 is 0 Å². The first-order valence-electron chi connectivity index (χ1n) is 6.60. The first-order valence-corrected chi connectivity index (χ1v) is 6.60. The Morgan fingerprint density at radius 3 is 2.50 bits per heavy atom. The predicted molar refractivity (Wildman–Crippen MR) is 75.9 cm³/mol. The van der Waals surface area contributed by atoms with Crippen molar-refractivity contribution in [2.24, 2.45) is 0 Å². The van der Waals surface area contributed by atoms with Gasteiger partial charge in [-0.3, -0.25) is 0 Å². The third-order valence-electron chi connectivity index (χ3n) is 2.60. The third-order valence-corrected chi connectivity index (χ3v) is 2.60. The van der Waals surface area contributed by atoms with Gasteiger partial charge in [0.1, 0.15) is 5.75 Å². The molecule has 18 heavy (non-hydrogen) atoms. The second-order valence-electron chi connectivity index (χ2n) is 4.07. The maximum Gasteiger partial charge on any atom is 0.119 e. The van der Waals surface area contributed by atoms with Crippen LogP contribution in [0.25, 0.3) is 0 Å². The van der Waals surface area contributed by atoms with Gasteiger partial charge in [0.15, 0.2) is 0 Å². The van der Waals surface area contributed by atoms with E-state index in [9.17, 15) is 0 Å². The van der Waals surface area contributed by atoms with Crippen LogP contribution >= 0.6 is 0 Å². The van der Waals surface area contributed by atoms with Crippen LogP contribution in [-0.4, -0.2) is 19.8 Å². The van der Waals surface area contributed by atoms with Gasteiger partial charge in [-0.25, -0.2) is 0 Å². The molecule has 0 spiro atoms. The van der Waals surface area contributed by atoms with Crippen molar-refractivity contribution < 1.29 is 9.47 Å². The summed E-state index contributed by atoms with van der Waals surface area (Å²) in [7, 11) is 0. The summed E-state index contributed by atoms with van der Waals surface area (Å²) >= 11 is 0. The van der Waals surface area contributed by atoms with Crippen LogP contribution in [-0.2, 0) is 11.2 Å². The van der Waals surface area contributed by atoms with Crippen LogP contribution in [0.1, 0.15) is 25.3 Å². The molecule has 0 aliphatic heterocycles. The quantitative estimate of drug-likeness (QED) is 0.618. The lowest BCUT2D eigenvalue weighted by molar-refractivity contribution is 0.138. The van der Waals surface area contributed by atoms with Gasteiger partial charge in [-0.1, -0.05) is 24.3 Å². The molecule has 0 fully saturated rings. The maximum absolute atomic E-state index is 5.66. The van der Waals surface area contributed by atoms with Crippen LogP contribution in [0.15, 0.2) is 36.4 Å². The molecule has 1 rings (SSSR count). The lowest BCUT2D eigenvalue weighted by Gasteiger charge is -2.06. The molecule has 0 atom stereocenters. The minimum Gasteiger partial charge on any atom is -0.494 e. The van der Waals surface area contributed by atoms with Gasteiger partial charge in [-0.2, -0.15) is 0 Å². The fraction of sp³-hybridized carbons (Fsp3) is 0.438. The summed E-state index contributed by atoms with van der Waals surface area (Å²) in [6, 6.07) is 8.23. The number of hydrogen-bond acceptors (Lipinski definition) is 2. The standard InChI is InChI=1S/C16H23O2/c1-3-5-8-15-9-11-16(12-10-15)18-14-7-6-13-17-4-2/h3,5,9-12H,1,4,6-8,13-14H2,2H3/b5-3+. The lowest BCUT2D eigenvalue weighted by Crippen LogP contribution is -2.00. The first kappa shape index (κ1) is 14.8. The van der Waals surface area contributed by atoms with E-state index in [0.29, 0.717) is 0 Å². The molecule has 2 heteroatoms. The molecule has 0 aliphatic carbocycles. The minimum absolute atomic E-state index is 0.755. The Labute approximate surface area is 111 Å². The largest absolute Gasteiger partial charge is 0.494 e. The van der Waals surface area contributed by atoms with Crippen molar-refractivity contribution in [2.75, 3.05) is 19.8 Å². The topological polar surface area (TPSA) is 18.5 Å². The molecule has 0 unspecified atom stereocenters. The van der Waals surface area contributed by atoms with E-state index in [0.717, 1.165) is 44.8 Å². The molecule has 99 valence electrons. The van der Waals surface area contributed by atoms with E-state index in [1.165, 1.54) is 5.56 Å². The Balaban J connectivity index is 2.18. The monoisotopic (exact) mass is 247 g/mol. The van der Waals surface area contributed by atoms with E-state index in [1.54, 1.807) is 0 Å². The molecule has 0 amide bonds. The molecule has 0 bridgehead atoms. The van der Waals surface area contributed by atoms with Crippen LogP contribution in [0.2, 0.25) is 0 Å². The average molecular weight is 247 g/mol. The Morgan fingerprint density at radius 1 is 1.11 bits per heavy atom. The van der Waals surface area contributed by atoms with Crippen molar-refractivity contribution in [3.05, 3.63) is 48.9 Å². The number of allylic oxidation sites excluding steroid dienone is 2. The van der Waals surface area contributed by atoms with E-state index in [2.05, 4.69) is 19.1 Å². The molecule has 0 aromatic heterocycles. The van der Waals surface area contributed by atoms with Gasteiger partial charge in [0, 0.05) is 13.2 Å². The Hall–Kier alpha value is -1.28. The van der Waals surface area contributed by atoms with Gasteiger partial charge in [0.25, 0.3) is 0 Å². The highest BCUT2D eigenvalue weighted by Crippen LogP contribution is 2.13. The number of ether oxygens (including phenoxy) is 2. The summed E-state index contributed by atoms with van der Waals surface area (Å²) in [5, 5.41) is 0. The molecule has 0 aliphatic rings. The van der Waals surface area contributed by atoms with Crippen LogP contribution in [0.3, 0.4) is 0 Å². The second-order valence-corrected chi connectivity index (χ2v) is 4.07. The van der Waals surface area contributed by atoms with Crippen molar-refractivity contribution in [3.63, 3.8) is 0 Å². The van der Waals surface area contributed by atoms with Crippen LogP contribution in [0.5, 0.6) is 5.75 Å². The van der Waals surface area contributed by atoms with E-state index in [1.807, 2.05) is 31.2 Å². The molecule has 1 aromatic carbocycles. The molecular formula is C16H23O2. The zero-order chi connectivity index (χ0) is 13.1. The van der Waals surface area contributed by atoms with E-state index in [-0.39, 0.29) is 0 Å². The molecule has 0 saturated heterocycles. The SMILES string of the molecule is [CH2]/C=C/Cc1ccc(OCCCCOCC)cc1. The van der Waals surface area contributed by atoms with Crippen molar-refractivity contribution in [1.82, 2.24) is 0 Å². The molecule has 1 aromatic rings. The summed E-state index contributed by atoms with van der Waals surface area (Å²) in [6.07, 6.45) is 6.89. The molecule has 0 heterocycles. The van der Waals surface area contributed by atoms with Crippen molar-refractivity contribution in [3.8, 4) is 5.75 Å². The first-order chi connectivity index (χ1) is 8.86. The van der Waals surface area contributed by atoms with E-state index in [4.69, 9.17) is 9.47 Å². The lowest BCUT2D eigenvalue weighted by atomic mass is 10.1. The van der Waals surface area contributed by atoms with Gasteiger partial charge in [0.2, 0.25) is 0 Å². The fourth-order valence-electron chi connectivity index (χ4n) is 1.58. The highest BCUT2D eigenvalue weighted by atomic mass is 16.5. The highest BCUT2D eigenvalue weighted by molar-refractivity contribution is 5.28. The van der Waals surface area contributed by atoms with Gasteiger partial charge in [0.05, 0.1) is 6.61 Å². The highest BCUT2D eigenvalue weighted by Gasteiger charge is 1.95. The molecule has 0 saturated carbocycles. The average Bonchev–Trinajstić information content (AvgIpc) is 2.42. The normalized spacial score (nSPS) is 11.0. The summed E-state index contributed by atoms with van der Waals surface area (Å²) in [4.78, 5) is 0. The van der Waals surface area contributed by atoms with Gasteiger partial charge in [-0.15, -0.1) is 0 Å². The third kappa shape index (κ3) is 6.45. The maximum atomic E-state index is 5.66. The zero-order valence-corrected chi connectivity index (χ0v) is 11.2. The summed E-state index contributed by atoms with van der Waals surface area (Å²) in [5.41, 5.74) is 1.28. The summed E-state index contributed by atoms with van der Waals surface area (Å²) in [5.74, 6) is 0.939. The van der Waals surface area contributed by atoms with Gasteiger partial charge >= 0.3 is 0 Å². The smallest absolute Gasteiger partial charge is 0.119 e. The van der Waals surface area contributed by atoms with Crippen molar-refractivity contribution in [2.45, 2.75) is 26.2 Å². The Kier molecular flexibility index (Phi) is 7.98. The molecule has 1 radical (unpaired) electrons. The van der Waals surface area contributed by atoms with Crippen molar-refractivity contribution >= 4 is 0 Å².